The summed E-state index contributed by atoms with van der Waals surface area (Å²) in [5.41, 5.74) is 9.09. The van der Waals surface area contributed by atoms with Crippen molar-refractivity contribution in [3.63, 3.8) is 0 Å². The molecular formula is C12H18N2S2. The highest BCUT2D eigenvalue weighted by atomic mass is 32.2. The van der Waals surface area contributed by atoms with Crippen molar-refractivity contribution in [2.45, 2.75) is 6.92 Å². The van der Waals surface area contributed by atoms with Gasteiger partial charge in [-0.3, -0.25) is 0 Å². The molecule has 1 aromatic rings. The molecule has 0 aliphatic heterocycles. The Morgan fingerprint density at radius 1 is 1.50 bits per heavy atom. The van der Waals surface area contributed by atoms with Crippen LogP contribution in [0.15, 0.2) is 18.2 Å². The van der Waals surface area contributed by atoms with Gasteiger partial charge in [-0.25, -0.2) is 0 Å². The third kappa shape index (κ3) is 3.12. The van der Waals surface area contributed by atoms with Gasteiger partial charge in [0, 0.05) is 30.6 Å². The molecule has 0 bridgehead atoms. The third-order valence-corrected chi connectivity index (χ3v) is 3.33. The lowest BCUT2D eigenvalue weighted by Gasteiger charge is -2.24. The van der Waals surface area contributed by atoms with Crippen molar-refractivity contribution >= 4 is 34.7 Å². The van der Waals surface area contributed by atoms with Crippen LogP contribution in [-0.2, 0) is 0 Å². The van der Waals surface area contributed by atoms with Crippen molar-refractivity contribution in [1.82, 2.24) is 0 Å². The zero-order chi connectivity index (χ0) is 12.1. The van der Waals surface area contributed by atoms with Gasteiger partial charge in [0.2, 0.25) is 0 Å². The number of thioether (sulfide) groups is 1. The molecule has 0 saturated heterocycles. The zero-order valence-corrected chi connectivity index (χ0v) is 11.6. The van der Waals surface area contributed by atoms with E-state index in [9.17, 15) is 0 Å². The lowest BCUT2D eigenvalue weighted by molar-refractivity contribution is 0.969. The predicted molar refractivity (Wildman–Crippen MR) is 78.7 cm³/mol. The van der Waals surface area contributed by atoms with Crippen LogP contribution in [0.5, 0.6) is 0 Å². The molecule has 0 aliphatic rings. The second kappa shape index (κ2) is 6.11. The van der Waals surface area contributed by atoms with Gasteiger partial charge in [-0.1, -0.05) is 24.4 Å². The number of anilines is 1. The average Bonchev–Trinajstić information content (AvgIpc) is 2.25. The molecule has 2 N–H and O–H groups in total. The molecule has 0 saturated carbocycles. The van der Waals surface area contributed by atoms with E-state index in [1.807, 2.05) is 23.9 Å². The molecule has 0 amide bonds. The van der Waals surface area contributed by atoms with Gasteiger partial charge in [-0.2, -0.15) is 11.8 Å². The first-order chi connectivity index (χ1) is 7.57. The van der Waals surface area contributed by atoms with Crippen LogP contribution in [0.3, 0.4) is 0 Å². The highest BCUT2D eigenvalue weighted by Gasteiger charge is 2.11. The van der Waals surface area contributed by atoms with Crippen molar-refractivity contribution in [3.8, 4) is 0 Å². The Hall–Kier alpha value is -0.740. The summed E-state index contributed by atoms with van der Waals surface area (Å²) < 4.78 is 0. The lowest BCUT2D eigenvalue weighted by Crippen LogP contribution is -2.25. The summed E-state index contributed by atoms with van der Waals surface area (Å²) in [5.74, 6) is 1.10. The number of benzene rings is 1. The van der Waals surface area contributed by atoms with E-state index in [1.54, 1.807) is 0 Å². The van der Waals surface area contributed by atoms with Crippen molar-refractivity contribution in [1.29, 1.82) is 0 Å². The first-order valence-electron chi connectivity index (χ1n) is 5.17. The molecule has 0 radical (unpaired) electrons. The average molecular weight is 254 g/mol. The number of hydrogen-bond donors (Lipinski definition) is 1. The van der Waals surface area contributed by atoms with Crippen LogP contribution in [0.25, 0.3) is 0 Å². The van der Waals surface area contributed by atoms with Crippen molar-refractivity contribution in [3.05, 3.63) is 29.3 Å². The summed E-state index contributed by atoms with van der Waals surface area (Å²) in [7, 11) is 2.08. The molecule has 0 aromatic heterocycles. The maximum absolute atomic E-state index is 5.75. The summed E-state index contributed by atoms with van der Waals surface area (Å²) in [4.78, 5) is 2.69. The number of rotatable bonds is 5. The maximum Gasteiger partial charge on any atom is 0.106 e. The van der Waals surface area contributed by atoms with Crippen LogP contribution in [0.4, 0.5) is 5.69 Å². The maximum atomic E-state index is 5.75. The van der Waals surface area contributed by atoms with E-state index >= 15 is 0 Å². The standard InChI is InChI=1S/C12H18N2S2/c1-9-5-4-6-10(12(13)15)11(9)14(2)7-8-16-3/h4-6H,7-8H2,1-3H3,(H2,13,15). The number of nitrogens with zero attached hydrogens (tertiary/aromatic N) is 1. The van der Waals surface area contributed by atoms with Crippen LogP contribution >= 0.6 is 24.0 Å². The first-order valence-corrected chi connectivity index (χ1v) is 6.97. The predicted octanol–water partition coefficient (Wildman–Crippen LogP) is 2.43. The number of para-hydroxylation sites is 1. The molecule has 0 unspecified atom stereocenters. The number of aryl methyl sites for hydroxylation is 1. The van der Waals surface area contributed by atoms with E-state index in [4.69, 9.17) is 18.0 Å². The smallest absolute Gasteiger partial charge is 0.106 e. The van der Waals surface area contributed by atoms with E-state index in [0.717, 1.165) is 23.5 Å². The van der Waals surface area contributed by atoms with Gasteiger partial charge >= 0.3 is 0 Å². The summed E-state index contributed by atoms with van der Waals surface area (Å²) in [6, 6.07) is 6.07. The second-order valence-electron chi connectivity index (χ2n) is 3.75. The quantitative estimate of drug-likeness (QED) is 0.817. The van der Waals surface area contributed by atoms with Gasteiger partial charge in [-0.05, 0) is 24.8 Å². The normalized spacial score (nSPS) is 10.2. The van der Waals surface area contributed by atoms with E-state index in [2.05, 4.69) is 31.2 Å². The van der Waals surface area contributed by atoms with E-state index in [1.165, 1.54) is 5.56 Å². The Morgan fingerprint density at radius 2 is 2.19 bits per heavy atom. The Morgan fingerprint density at radius 3 is 2.75 bits per heavy atom. The van der Waals surface area contributed by atoms with Crippen LogP contribution < -0.4 is 10.6 Å². The minimum Gasteiger partial charge on any atom is -0.389 e. The summed E-state index contributed by atoms with van der Waals surface area (Å²) in [6.07, 6.45) is 2.11. The van der Waals surface area contributed by atoms with E-state index in [-0.39, 0.29) is 0 Å². The van der Waals surface area contributed by atoms with Gasteiger partial charge in [-0.15, -0.1) is 0 Å². The monoisotopic (exact) mass is 254 g/mol. The first kappa shape index (κ1) is 13.3. The molecule has 0 heterocycles. The largest absolute Gasteiger partial charge is 0.389 e. The second-order valence-corrected chi connectivity index (χ2v) is 5.18. The Labute approximate surface area is 107 Å². The summed E-state index contributed by atoms with van der Waals surface area (Å²) >= 11 is 6.93. The van der Waals surface area contributed by atoms with Crippen LogP contribution in [-0.4, -0.2) is 30.6 Å². The fourth-order valence-corrected chi connectivity index (χ4v) is 2.33. The van der Waals surface area contributed by atoms with E-state index in [0.29, 0.717) is 4.99 Å². The highest BCUT2D eigenvalue weighted by molar-refractivity contribution is 7.98. The molecule has 0 spiro atoms. The Balaban J connectivity index is 3.04. The molecule has 88 valence electrons. The minimum absolute atomic E-state index is 0.467. The molecule has 0 aliphatic carbocycles. The number of thiocarbonyl (C=S) groups is 1. The fourth-order valence-electron chi connectivity index (χ4n) is 1.70. The Bertz CT molecular complexity index is 377. The molecule has 2 nitrogen and oxygen atoms in total. The van der Waals surface area contributed by atoms with Gasteiger partial charge in [0.1, 0.15) is 4.99 Å². The van der Waals surface area contributed by atoms with Gasteiger partial charge in [0.15, 0.2) is 0 Å². The van der Waals surface area contributed by atoms with Crippen LogP contribution in [0, 0.1) is 6.92 Å². The molecule has 4 heteroatoms. The number of hydrogen-bond acceptors (Lipinski definition) is 3. The Kier molecular flexibility index (Phi) is 5.09. The molecule has 0 atom stereocenters. The summed E-state index contributed by atoms with van der Waals surface area (Å²) in [6.45, 7) is 3.09. The van der Waals surface area contributed by atoms with Gasteiger partial charge in [0.25, 0.3) is 0 Å². The van der Waals surface area contributed by atoms with Crippen molar-refractivity contribution in [2.75, 3.05) is 30.5 Å². The van der Waals surface area contributed by atoms with Gasteiger partial charge in [0.05, 0.1) is 0 Å². The third-order valence-electron chi connectivity index (χ3n) is 2.52. The van der Waals surface area contributed by atoms with Crippen LogP contribution in [0.2, 0.25) is 0 Å². The minimum atomic E-state index is 0.467. The SMILES string of the molecule is CSCCN(C)c1c(C)cccc1C(N)=S. The molecule has 0 fully saturated rings. The molecule has 1 rings (SSSR count). The van der Waals surface area contributed by atoms with Gasteiger partial charge < -0.3 is 10.6 Å². The highest BCUT2D eigenvalue weighted by Crippen LogP contribution is 2.24. The van der Waals surface area contributed by atoms with Crippen LogP contribution in [0.1, 0.15) is 11.1 Å². The lowest BCUT2D eigenvalue weighted by atomic mass is 10.1. The zero-order valence-electron chi connectivity index (χ0n) is 9.99. The topological polar surface area (TPSA) is 29.3 Å². The molecular weight excluding hydrogens is 236 g/mol. The van der Waals surface area contributed by atoms with E-state index < -0.39 is 0 Å². The molecule has 1 aromatic carbocycles. The fraction of sp³-hybridized carbons (Fsp3) is 0.417. The number of nitrogens with two attached hydrogens (primary N) is 1. The molecule has 16 heavy (non-hydrogen) atoms. The van der Waals surface area contributed by atoms with Crippen molar-refractivity contribution in [2.24, 2.45) is 5.73 Å². The summed E-state index contributed by atoms with van der Waals surface area (Å²) in [5, 5.41) is 0. The van der Waals surface area contributed by atoms with Crippen molar-refractivity contribution < 1.29 is 0 Å².